The highest BCUT2D eigenvalue weighted by molar-refractivity contribution is 8.18. The Morgan fingerprint density at radius 2 is 1.69 bits per heavy atom. The zero-order valence-corrected chi connectivity index (χ0v) is 16.2. The third-order valence-electron chi connectivity index (χ3n) is 4.42. The lowest BCUT2D eigenvalue weighted by atomic mass is 10.2. The van der Waals surface area contributed by atoms with Crippen LogP contribution >= 0.6 is 11.8 Å². The summed E-state index contributed by atoms with van der Waals surface area (Å²) in [5, 5.41) is 2.12. The van der Waals surface area contributed by atoms with Crippen LogP contribution < -0.4 is 5.32 Å². The summed E-state index contributed by atoms with van der Waals surface area (Å²) in [6.45, 7) is 0.0762. The second-order valence-electron chi connectivity index (χ2n) is 6.42. The number of halogens is 1. The molecule has 0 atom stereocenters. The van der Waals surface area contributed by atoms with Gasteiger partial charge in [0.2, 0.25) is 17.7 Å². The molecule has 0 aromatic heterocycles. The zero-order chi connectivity index (χ0) is 21.0. The van der Waals surface area contributed by atoms with Crippen molar-refractivity contribution in [3.63, 3.8) is 0 Å². The molecule has 2 fully saturated rings. The van der Waals surface area contributed by atoms with Crippen molar-refractivity contribution in [2.45, 2.75) is 19.3 Å². The maximum Gasteiger partial charge on any atom is 0.293 e. The highest BCUT2D eigenvalue weighted by Crippen LogP contribution is 2.31. The van der Waals surface area contributed by atoms with E-state index in [-0.39, 0.29) is 61.5 Å². The number of benzene rings is 1. The molecule has 0 aliphatic carbocycles. The second-order valence-corrected chi connectivity index (χ2v) is 7.42. The number of rotatable bonds is 7. The highest BCUT2D eigenvalue weighted by atomic mass is 32.2. The number of hydrogen-bond acceptors (Lipinski definition) is 6. The van der Waals surface area contributed by atoms with E-state index in [1.54, 1.807) is 0 Å². The molecule has 1 N–H and O–H groups in total. The summed E-state index contributed by atoms with van der Waals surface area (Å²) in [6, 6.07) is 5.52. The van der Waals surface area contributed by atoms with E-state index in [9.17, 15) is 28.4 Å². The molecule has 29 heavy (non-hydrogen) atoms. The van der Waals surface area contributed by atoms with Crippen LogP contribution in [-0.4, -0.2) is 58.3 Å². The number of amides is 5. The third kappa shape index (κ3) is 5.08. The number of thioether (sulfide) groups is 1. The maximum absolute atomic E-state index is 13.0. The molecule has 0 spiro atoms. The highest BCUT2D eigenvalue weighted by Gasteiger charge is 2.34. The Morgan fingerprint density at radius 1 is 1.03 bits per heavy atom. The predicted octanol–water partition coefficient (Wildman–Crippen LogP) is 1.52. The van der Waals surface area contributed by atoms with Gasteiger partial charge in [-0.2, -0.15) is 0 Å². The van der Waals surface area contributed by atoms with Crippen molar-refractivity contribution >= 4 is 46.7 Å². The number of imide groups is 2. The van der Waals surface area contributed by atoms with Crippen LogP contribution in [0.4, 0.5) is 9.18 Å². The van der Waals surface area contributed by atoms with Crippen molar-refractivity contribution in [1.29, 1.82) is 0 Å². The van der Waals surface area contributed by atoms with Gasteiger partial charge in [-0.15, -0.1) is 0 Å². The summed E-state index contributed by atoms with van der Waals surface area (Å²) >= 11 is 0.778. The first-order valence-corrected chi connectivity index (χ1v) is 9.77. The van der Waals surface area contributed by atoms with Gasteiger partial charge < -0.3 is 5.32 Å². The zero-order valence-electron chi connectivity index (χ0n) is 15.4. The average molecular weight is 419 g/mol. The van der Waals surface area contributed by atoms with Crippen molar-refractivity contribution < 1.29 is 28.4 Å². The molecule has 0 radical (unpaired) electrons. The Labute approximate surface area is 170 Å². The Bertz CT molecular complexity index is 884. The van der Waals surface area contributed by atoms with Gasteiger partial charge in [-0.05, 0) is 35.5 Å². The molecule has 0 saturated carbocycles. The molecule has 2 aliphatic rings. The van der Waals surface area contributed by atoms with Crippen LogP contribution in [0.5, 0.6) is 0 Å². The van der Waals surface area contributed by atoms with Crippen molar-refractivity contribution in [2.75, 3.05) is 19.6 Å². The lowest BCUT2D eigenvalue weighted by Crippen LogP contribution is -2.39. The summed E-state index contributed by atoms with van der Waals surface area (Å²) in [5.74, 6) is -1.83. The van der Waals surface area contributed by atoms with Crippen LogP contribution in [0, 0.1) is 5.82 Å². The molecule has 2 saturated heterocycles. The Morgan fingerprint density at radius 3 is 2.34 bits per heavy atom. The minimum Gasteiger partial charge on any atom is -0.354 e. The van der Waals surface area contributed by atoms with E-state index in [4.69, 9.17) is 0 Å². The average Bonchev–Trinajstić information content (AvgIpc) is 3.14. The Balaban J connectivity index is 1.46. The molecule has 0 unspecified atom stereocenters. The van der Waals surface area contributed by atoms with Gasteiger partial charge in [0.25, 0.3) is 11.1 Å². The largest absolute Gasteiger partial charge is 0.354 e. The molecule has 10 heteroatoms. The van der Waals surface area contributed by atoms with E-state index in [2.05, 4.69) is 5.32 Å². The van der Waals surface area contributed by atoms with Crippen LogP contribution in [0.25, 0.3) is 6.08 Å². The van der Waals surface area contributed by atoms with Crippen LogP contribution in [0.2, 0.25) is 0 Å². The topological polar surface area (TPSA) is 104 Å². The van der Waals surface area contributed by atoms with Crippen LogP contribution in [0.15, 0.2) is 29.2 Å². The van der Waals surface area contributed by atoms with E-state index < -0.39 is 17.0 Å². The monoisotopic (exact) mass is 419 g/mol. The number of nitrogens with zero attached hydrogens (tertiary/aromatic N) is 2. The van der Waals surface area contributed by atoms with Gasteiger partial charge in [0.15, 0.2) is 0 Å². The van der Waals surface area contributed by atoms with E-state index in [0.717, 1.165) is 21.6 Å². The molecular formula is C19H18FN3O5S. The quantitative estimate of drug-likeness (QED) is 0.531. The fourth-order valence-electron chi connectivity index (χ4n) is 2.88. The lowest BCUT2D eigenvalue weighted by molar-refractivity contribution is -0.138. The SMILES string of the molecule is O=C(CCN1C(=O)CCC1=O)NCCN1C(=O)S/C(=C/c2ccc(F)cc2)C1=O. The smallest absolute Gasteiger partial charge is 0.293 e. The summed E-state index contributed by atoms with van der Waals surface area (Å²) in [7, 11) is 0. The molecule has 5 amide bonds. The molecule has 1 aromatic carbocycles. The van der Waals surface area contributed by atoms with Crippen LogP contribution in [0.1, 0.15) is 24.8 Å². The molecule has 1 aromatic rings. The summed E-state index contributed by atoms with van der Waals surface area (Å²) in [6.07, 6.45) is 1.81. The van der Waals surface area contributed by atoms with Gasteiger partial charge in [-0.3, -0.25) is 33.8 Å². The fourth-order valence-corrected chi connectivity index (χ4v) is 3.75. The normalized spacial score (nSPS) is 18.3. The van der Waals surface area contributed by atoms with E-state index in [1.165, 1.54) is 30.3 Å². The molecule has 3 rings (SSSR count). The molecule has 8 nitrogen and oxygen atoms in total. The van der Waals surface area contributed by atoms with Gasteiger partial charge in [-0.1, -0.05) is 12.1 Å². The molecular weight excluding hydrogens is 401 g/mol. The van der Waals surface area contributed by atoms with E-state index in [1.807, 2.05) is 0 Å². The predicted molar refractivity (Wildman–Crippen MR) is 103 cm³/mol. The molecule has 0 bridgehead atoms. The number of carbonyl (C=O) groups excluding carboxylic acids is 5. The van der Waals surface area contributed by atoms with Crippen LogP contribution in [0.3, 0.4) is 0 Å². The number of carbonyl (C=O) groups is 5. The van der Waals surface area contributed by atoms with Gasteiger partial charge in [0, 0.05) is 38.9 Å². The fraction of sp³-hybridized carbons (Fsp3) is 0.316. The van der Waals surface area contributed by atoms with E-state index in [0.29, 0.717) is 5.56 Å². The number of nitrogens with one attached hydrogen (secondary N) is 1. The first-order chi connectivity index (χ1) is 13.8. The summed E-state index contributed by atoms with van der Waals surface area (Å²) in [4.78, 5) is 61.6. The first kappa shape index (κ1) is 20.7. The number of hydrogen-bond donors (Lipinski definition) is 1. The number of likely N-dealkylation sites (tertiary alicyclic amines) is 1. The van der Waals surface area contributed by atoms with Crippen molar-refractivity contribution in [3.05, 3.63) is 40.6 Å². The van der Waals surface area contributed by atoms with Gasteiger partial charge in [-0.25, -0.2) is 4.39 Å². The van der Waals surface area contributed by atoms with Crippen molar-refractivity contribution in [2.24, 2.45) is 0 Å². The molecule has 2 heterocycles. The van der Waals surface area contributed by atoms with Gasteiger partial charge >= 0.3 is 0 Å². The lowest BCUT2D eigenvalue weighted by Gasteiger charge is -2.15. The van der Waals surface area contributed by atoms with Crippen LogP contribution in [-0.2, 0) is 19.2 Å². The first-order valence-electron chi connectivity index (χ1n) is 8.96. The second kappa shape index (κ2) is 8.99. The maximum atomic E-state index is 13.0. The summed E-state index contributed by atoms with van der Waals surface area (Å²) in [5.41, 5.74) is 0.594. The van der Waals surface area contributed by atoms with Crippen molar-refractivity contribution in [3.8, 4) is 0 Å². The third-order valence-corrected chi connectivity index (χ3v) is 5.32. The van der Waals surface area contributed by atoms with Gasteiger partial charge in [0.1, 0.15) is 5.82 Å². The summed E-state index contributed by atoms with van der Waals surface area (Å²) < 4.78 is 13.0. The Kier molecular flexibility index (Phi) is 6.42. The minimum atomic E-state index is -0.480. The van der Waals surface area contributed by atoms with Crippen molar-refractivity contribution in [1.82, 2.24) is 15.1 Å². The standard InChI is InChI=1S/C19H18FN3O5S/c20-13-3-1-12(2-4-13)11-14-18(27)23(19(28)29-14)10-8-21-15(24)7-9-22-16(25)5-6-17(22)26/h1-4,11H,5-10H2,(H,21,24)/b14-11+. The Hall–Kier alpha value is -3.01. The molecule has 2 aliphatic heterocycles. The van der Waals surface area contributed by atoms with E-state index >= 15 is 0 Å². The molecule has 152 valence electrons. The minimum absolute atomic E-state index is 0.00125. The van der Waals surface area contributed by atoms with Gasteiger partial charge in [0.05, 0.1) is 4.91 Å².